The van der Waals surface area contributed by atoms with Crippen molar-refractivity contribution in [2.45, 2.75) is 32.7 Å². The fraction of sp³-hybridized carbons (Fsp3) is 0.350. The van der Waals surface area contributed by atoms with Crippen molar-refractivity contribution in [3.05, 3.63) is 65.5 Å². The van der Waals surface area contributed by atoms with Crippen LogP contribution in [0.4, 0.5) is 0 Å². The van der Waals surface area contributed by atoms with E-state index in [-0.39, 0.29) is 0 Å². The molecule has 2 heteroatoms. The lowest BCUT2D eigenvalue weighted by atomic mass is 9.87. The van der Waals surface area contributed by atoms with Crippen LogP contribution in [-0.4, -0.2) is 18.0 Å². The van der Waals surface area contributed by atoms with E-state index in [0.717, 1.165) is 0 Å². The number of hydrogen-bond donors (Lipinski definition) is 0. The Morgan fingerprint density at radius 3 is 2.45 bits per heavy atom. The molecule has 0 N–H and O–H groups in total. The number of allylic oxidation sites excluding steroid dienone is 1. The molecule has 1 aromatic heterocycles. The summed E-state index contributed by atoms with van der Waals surface area (Å²) in [7, 11) is 4.30. The first-order valence-electron chi connectivity index (χ1n) is 7.96. The molecule has 1 unspecified atom stereocenters. The van der Waals surface area contributed by atoms with E-state index in [1.807, 2.05) is 0 Å². The topological polar surface area (TPSA) is 7.12 Å². The first-order valence-corrected chi connectivity index (χ1v) is 7.96. The smallest absolute Gasteiger partial charge is 0.212 e. The highest BCUT2D eigenvalue weighted by Gasteiger charge is 2.29. The second-order valence-electron chi connectivity index (χ2n) is 6.40. The molecular formula is C20H25N2+. The summed E-state index contributed by atoms with van der Waals surface area (Å²) in [6, 6.07) is 13.6. The molecule has 0 amide bonds. The molecule has 2 aromatic rings. The van der Waals surface area contributed by atoms with Crippen molar-refractivity contribution >= 4 is 0 Å². The zero-order valence-electron chi connectivity index (χ0n) is 14.2. The van der Waals surface area contributed by atoms with Gasteiger partial charge < -0.3 is 4.90 Å². The van der Waals surface area contributed by atoms with E-state index in [1.54, 1.807) is 0 Å². The van der Waals surface area contributed by atoms with Gasteiger partial charge in [0.05, 0.1) is 0 Å². The van der Waals surface area contributed by atoms with Gasteiger partial charge in [0.15, 0.2) is 6.20 Å². The van der Waals surface area contributed by atoms with Gasteiger partial charge in [-0.1, -0.05) is 18.2 Å². The van der Waals surface area contributed by atoms with Crippen LogP contribution in [0.1, 0.15) is 30.9 Å². The summed E-state index contributed by atoms with van der Waals surface area (Å²) < 4.78 is 2.19. The number of pyridine rings is 1. The first-order chi connectivity index (χ1) is 10.5. The molecule has 114 valence electrons. The van der Waals surface area contributed by atoms with Crippen molar-refractivity contribution < 1.29 is 4.57 Å². The molecule has 2 heterocycles. The number of likely N-dealkylation sites (N-methyl/N-ethyl adjacent to an activating group) is 1. The minimum Gasteiger partial charge on any atom is -0.375 e. The number of aromatic nitrogens is 1. The van der Waals surface area contributed by atoms with Crippen LogP contribution in [0.25, 0.3) is 11.3 Å². The highest BCUT2D eigenvalue weighted by molar-refractivity contribution is 5.63. The Morgan fingerprint density at radius 2 is 1.82 bits per heavy atom. The van der Waals surface area contributed by atoms with Gasteiger partial charge >= 0.3 is 0 Å². The van der Waals surface area contributed by atoms with Crippen LogP contribution in [-0.2, 0) is 7.05 Å². The summed E-state index contributed by atoms with van der Waals surface area (Å²) in [6.45, 7) is 6.77. The van der Waals surface area contributed by atoms with Crippen LogP contribution in [0.15, 0.2) is 54.4 Å². The zero-order valence-corrected chi connectivity index (χ0v) is 14.2. The maximum atomic E-state index is 2.40. The van der Waals surface area contributed by atoms with Gasteiger partial charge in [0.2, 0.25) is 5.69 Å². The lowest BCUT2D eigenvalue weighted by molar-refractivity contribution is -0.660. The second kappa shape index (κ2) is 5.60. The summed E-state index contributed by atoms with van der Waals surface area (Å²) in [5.74, 6) is 0.471. The molecule has 0 saturated heterocycles. The highest BCUT2D eigenvalue weighted by atomic mass is 15.2. The van der Waals surface area contributed by atoms with Gasteiger partial charge in [-0.25, -0.2) is 4.57 Å². The average Bonchev–Trinajstić information content (AvgIpc) is 2.76. The molecule has 0 bridgehead atoms. The van der Waals surface area contributed by atoms with E-state index < -0.39 is 0 Å². The third kappa shape index (κ3) is 2.33. The predicted molar refractivity (Wildman–Crippen MR) is 91.5 cm³/mol. The molecule has 22 heavy (non-hydrogen) atoms. The van der Waals surface area contributed by atoms with E-state index >= 15 is 0 Å². The van der Waals surface area contributed by atoms with Crippen molar-refractivity contribution in [3.8, 4) is 11.3 Å². The molecule has 0 fully saturated rings. The Hall–Kier alpha value is -2.09. The quantitative estimate of drug-likeness (QED) is 0.764. The molecule has 0 aliphatic carbocycles. The number of rotatable bonds is 2. The van der Waals surface area contributed by atoms with Gasteiger partial charge in [-0.15, -0.1) is 0 Å². The van der Waals surface area contributed by atoms with Crippen molar-refractivity contribution in [3.63, 3.8) is 0 Å². The number of benzene rings is 1. The minimum atomic E-state index is 0.471. The molecule has 1 aliphatic heterocycles. The van der Waals surface area contributed by atoms with E-state index in [4.69, 9.17) is 0 Å². The molecule has 2 atom stereocenters. The Morgan fingerprint density at radius 1 is 1.05 bits per heavy atom. The number of hydrogen-bond acceptors (Lipinski definition) is 1. The maximum Gasteiger partial charge on any atom is 0.212 e. The van der Waals surface area contributed by atoms with Crippen LogP contribution in [0.5, 0.6) is 0 Å². The van der Waals surface area contributed by atoms with Crippen LogP contribution in [0.2, 0.25) is 0 Å². The lowest BCUT2D eigenvalue weighted by Gasteiger charge is -2.25. The monoisotopic (exact) mass is 293 g/mol. The first kappa shape index (κ1) is 14.8. The summed E-state index contributed by atoms with van der Waals surface area (Å²) in [6.07, 6.45) is 4.51. The van der Waals surface area contributed by atoms with Gasteiger partial charge in [0.25, 0.3) is 0 Å². The van der Waals surface area contributed by atoms with E-state index in [9.17, 15) is 0 Å². The van der Waals surface area contributed by atoms with Gasteiger partial charge in [-0.05, 0) is 44.0 Å². The van der Waals surface area contributed by atoms with Gasteiger partial charge in [0, 0.05) is 42.4 Å². The standard InChI is InChI=1S/C20H25N2/c1-14-13-19(16(3)22(14)5)17-9-8-10-18(15(17)2)20-11-6-7-12-21(20)4/h6-13,16,19H,1-5H3/q+1/t16-,19?/m0/s1. The largest absolute Gasteiger partial charge is 0.375 e. The van der Waals surface area contributed by atoms with Crippen molar-refractivity contribution in [2.75, 3.05) is 7.05 Å². The third-order valence-corrected chi connectivity index (χ3v) is 5.17. The number of aryl methyl sites for hydroxylation is 1. The third-order valence-electron chi connectivity index (χ3n) is 5.17. The molecular weight excluding hydrogens is 268 g/mol. The molecule has 0 spiro atoms. The van der Waals surface area contributed by atoms with Crippen LogP contribution in [0.3, 0.4) is 0 Å². The summed E-state index contributed by atoms with van der Waals surface area (Å²) >= 11 is 0. The van der Waals surface area contributed by atoms with E-state index in [2.05, 4.69) is 93.0 Å². The van der Waals surface area contributed by atoms with E-state index in [1.165, 1.54) is 28.1 Å². The highest BCUT2D eigenvalue weighted by Crippen LogP contribution is 2.37. The summed E-state index contributed by atoms with van der Waals surface area (Å²) in [5.41, 5.74) is 6.79. The molecule has 2 nitrogen and oxygen atoms in total. The predicted octanol–water partition coefficient (Wildman–Crippen LogP) is 3.81. The Balaban J connectivity index is 2.10. The summed E-state index contributed by atoms with van der Waals surface area (Å²) in [5, 5.41) is 0. The molecule has 0 saturated carbocycles. The lowest BCUT2D eigenvalue weighted by Crippen LogP contribution is -2.30. The Kier molecular flexibility index (Phi) is 3.78. The fourth-order valence-corrected chi connectivity index (χ4v) is 3.52. The fourth-order valence-electron chi connectivity index (χ4n) is 3.52. The number of nitrogens with zero attached hydrogens (tertiary/aromatic N) is 2. The normalized spacial score (nSPS) is 21.1. The Labute approximate surface area is 133 Å². The van der Waals surface area contributed by atoms with Crippen LogP contribution in [0, 0.1) is 6.92 Å². The second-order valence-corrected chi connectivity index (χ2v) is 6.40. The van der Waals surface area contributed by atoms with Gasteiger partial charge in [-0.2, -0.15) is 0 Å². The SMILES string of the molecule is CC1=CC(c2cccc(-c3cccc[n+]3C)c2C)[C@H](C)N1C. The van der Waals surface area contributed by atoms with Crippen molar-refractivity contribution in [1.82, 2.24) is 4.90 Å². The molecule has 0 radical (unpaired) electrons. The zero-order chi connectivity index (χ0) is 15.9. The van der Waals surface area contributed by atoms with Gasteiger partial charge in [0.1, 0.15) is 7.05 Å². The molecule has 1 aliphatic rings. The van der Waals surface area contributed by atoms with E-state index in [0.29, 0.717) is 12.0 Å². The summed E-state index contributed by atoms with van der Waals surface area (Å²) in [4.78, 5) is 2.37. The van der Waals surface area contributed by atoms with Crippen molar-refractivity contribution in [1.29, 1.82) is 0 Å². The van der Waals surface area contributed by atoms with Crippen LogP contribution < -0.4 is 4.57 Å². The maximum absolute atomic E-state index is 2.40. The molecule has 3 rings (SSSR count). The minimum absolute atomic E-state index is 0.471. The average molecular weight is 293 g/mol. The van der Waals surface area contributed by atoms with Crippen molar-refractivity contribution in [2.24, 2.45) is 7.05 Å². The Bertz CT molecular complexity index is 730. The van der Waals surface area contributed by atoms with Crippen LogP contribution >= 0.6 is 0 Å². The molecule has 1 aromatic carbocycles. The van der Waals surface area contributed by atoms with Gasteiger partial charge in [-0.3, -0.25) is 0 Å².